The largest absolute Gasteiger partial charge is 0.496 e. The minimum absolute atomic E-state index is 0.0126. The Hall–Kier alpha value is -3.18. The highest BCUT2D eigenvalue weighted by atomic mass is 16.5. The third kappa shape index (κ3) is 4.32. The van der Waals surface area contributed by atoms with Gasteiger partial charge in [0.05, 0.1) is 34.0 Å². The van der Waals surface area contributed by atoms with E-state index in [1.165, 1.54) is 0 Å². The van der Waals surface area contributed by atoms with Crippen LogP contribution in [-0.4, -0.2) is 40.2 Å². The van der Waals surface area contributed by atoms with Crippen LogP contribution in [0, 0.1) is 19.9 Å². The SMILES string of the molecule is COc1ccc(-c2[c]c(CCO)c(OC)c(-c3ccc(OC)c(C)c3)c2OC)cc1C. The second kappa shape index (κ2) is 9.75. The van der Waals surface area contributed by atoms with E-state index in [1.807, 2.05) is 50.2 Å². The van der Waals surface area contributed by atoms with Crippen LogP contribution in [0.25, 0.3) is 22.3 Å². The van der Waals surface area contributed by atoms with Crippen molar-refractivity contribution >= 4 is 0 Å². The first-order valence-corrected chi connectivity index (χ1v) is 10.1. The second-order valence-electron chi connectivity index (χ2n) is 7.26. The zero-order valence-electron chi connectivity index (χ0n) is 19.0. The third-order valence-corrected chi connectivity index (χ3v) is 5.37. The van der Waals surface area contributed by atoms with Crippen LogP contribution in [0.2, 0.25) is 0 Å². The number of aryl methyl sites for hydroxylation is 2. The van der Waals surface area contributed by atoms with Crippen molar-refractivity contribution in [1.82, 2.24) is 0 Å². The van der Waals surface area contributed by atoms with Gasteiger partial charge < -0.3 is 24.1 Å². The summed E-state index contributed by atoms with van der Waals surface area (Å²) in [7, 11) is 6.59. The van der Waals surface area contributed by atoms with Crippen LogP contribution in [0.3, 0.4) is 0 Å². The molecule has 1 N–H and O–H groups in total. The number of benzene rings is 3. The number of rotatable bonds is 8. The first kappa shape index (κ1) is 22.5. The lowest BCUT2D eigenvalue weighted by atomic mass is 9.91. The zero-order valence-corrected chi connectivity index (χ0v) is 19.0. The molecule has 3 aromatic rings. The molecule has 0 aliphatic heterocycles. The van der Waals surface area contributed by atoms with Gasteiger partial charge in [-0.3, -0.25) is 0 Å². The molecule has 0 bridgehead atoms. The summed E-state index contributed by atoms with van der Waals surface area (Å²) in [4.78, 5) is 0. The molecule has 0 saturated carbocycles. The molecule has 0 aliphatic carbocycles. The van der Waals surface area contributed by atoms with Crippen LogP contribution in [0.4, 0.5) is 0 Å². The fourth-order valence-electron chi connectivity index (χ4n) is 3.89. The fraction of sp³-hybridized carbons (Fsp3) is 0.308. The molecular weight excluding hydrogens is 392 g/mol. The third-order valence-electron chi connectivity index (χ3n) is 5.37. The number of aliphatic hydroxyl groups excluding tert-OH is 1. The lowest BCUT2D eigenvalue weighted by Gasteiger charge is -2.21. The standard InChI is InChI=1S/C26H29O5/c1-16-13-18(7-9-22(16)28-3)21-15-20(11-12-27)25(30-5)24(26(21)31-6)19-8-10-23(29-4)17(2)14-19/h7-10,13-14,27H,11-12H2,1-6H3. The van der Waals surface area contributed by atoms with Gasteiger partial charge in [-0.05, 0) is 66.8 Å². The lowest BCUT2D eigenvalue weighted by Crippen LogP contribution is -2.03. The van der Waals surface area contributed by atoms with Crippen LogP contribution in [0.5, 0.6) is 23.0 Å². The summed E-state index contributed by atoms with van der Waals surface area (Å²) in [5.41, 5.74) is 6.31. The second-order valence-corrected chi connectivity index (χ2v) is 7.26. The molecule has 0 aliphatic rings. The molecule has 31 heavy (non-hydrogen) atoms. The maximum atomic E-state index is 9.67. The van der Waals surface area contributed by atoms with E-state index in [0.29, 0.717) is 17.9 Å². The topological polar surface area (TPSA) is 57.2 Å². The average Bonchev–Trinajstić information content (AvgIpc) is 2.78. The minimum atomic E-state index is -0.0126. The van der Waals surface area contributed by atoms with Crippen molar-refractivity contribution in [3.63, 3.8) is 0 Å². The molecule has 0 unspecified atom stereocenters. The maximum absolute atomic E-state index is 9.67. The van der Waals surface area contributed by atoms with Crippen molar-refractivity contribution in [1.29, 1.82) is 0 Å². The van der Waals surface area contributed by atoms with Crippen molar-refractivity contribution in [2.45, 2.75) is 20.3 Å². The number of ether oxygens (including phenoxy) is 4. The average molecular weight is 422 g/mol. The molecule has 5 heteroatoms. The number of hydrogen-bond acceptors (Lipinski definition) is 5. The van der Waals surface area contributed by atoms with Crippen LogP contribution in [0.1, 0.15) is 16.7 Å². The monoisotopic (exact) mass is 421 g/mol. The van der Waals surface area contributed by atoms with E-state index in [1.54, 1.807) is 28.4 Å². The number of aliphatic hydroxyl groups is 1. The summed E-state index contributed by atoms with van der Waals surface area (Å²) in [6.07, 6.45) is 0.414. The number of methoxy groups -OCH3 is 4. The molecule has 5 nitrogen and oxygen atoms in total. The van der Waals surface area contributed by atoms with E-state index in [2.05, 4.69) is 6.07 Å². The molecule has 0 atom stereocenters. The van der Waals surface area contributed by atoms with E-state index in [0.717, 1.165) is 50.4 Å². The summed E-state index contributed by atoms with van der Waals surface area (Å²) in [5.74, 6) is 2.93. The molecule has 3 aromatic carbocycles. The summed E-state index contributed by atoms with van der Waals surface area (Å²) in [5, 5.41) is 9.67. The summed E-state index contributed by atoms with van der Waals surface area (Å²) in [6.45, 7) is 3.99. The summed E-state index contributed by atoms with van der Waals surface area (Å²) < 4.78 is 22.6. The van der Waals surface area contributed by atoms with E-state index in [4.69, 9.17) is 18.9 Å². The van der Waals surface area contributed by atoms with E-state index < -0.39 is 0 Å². The van der Waals surface area contributed by atoms with E-state index >= 15 is 0 Å². The van der Waals surface area contributed by atoms with Gasteiger partial charge in [-0.1, -0.05) is 12.1 Å². The van der Waals surface area contributed by atoms with Gasteiger partial charge in [0.25, 0.3) is 0 Å². The highest BCUT2D eigenvalue weighted by Gasteiger charge is 2.23. The van der Waals surface area contributed by atoms with Crippen molar-refractivity contribution in [2.24, 2.45) is 0 Å². The van der Waals surface area contributed by atoms with Gasteiger partial charge in [0.2, 0.25) is 0 Å². The van der Waals surface area contributed by atoms with Crippen molar-refractivity contribution in [3.8, 4) is 45.3 Å². The Bertz CT molecular complexity index is 1070. The van der Waals surface area contributed by atoms with Crippen molar-refractivity contribution in [3.05, 3.63) is 59.2 Å². The molecule has 0 aromatic heterocycles. The van der Waals surface area contributed by atoms with Gasteiger partial charge in [0.1, 0.15) is 23.0 Å². The molecule has 1 radical (unpaired) electrons. The molecule has 0 saturated heterocycles. The van der Waals surface area contributed by atoms with E-state index in [-0.39, 0.29) is 6.61 Å². The fourth-order valence-corrected chi connectivity index (χ4v) is 3.89. The van der Waals surface area contributed by atoms with Gasteiger partial charge in [0, 0.05) is 23.8 Å². The first-order valence-electron chi connectivity index (χ1n) is 10.1. The predicted octanol–water partition coefficient (Wildman–Crippen LogP) is 5.01. The van der Waals surface area contributed by atoms with Gasteiger partial charge in [-0.15, -0.1) is 0 Å². The predicted molar refractivity (Wildman–Crippen MR) is 123 cm³/mol. The normalized spacial score (nSPS) is 10.7. The Labute approximate surface area is 184 Å². The Balaban J connectivity index is 2.35. The van der Waals surface area contributed by atoms with Gasteiger partial charge >= 0.3 is 0 Å². The first-order chi connectivity index (χ1) is 15.0. The Kier molecular flexibility index (Phi) is 7.08. The van der Waals surface area contributed by atoms with E-state index in [9.17, 15) is 5.11 Å². The highest BCUT2D eigenvalue weighted by Crippen LogP contribution is 2.47. The molecular formula is C26H29O5. The van der Waals surface area contributed by atoms with Crippen LogP contribution in [0.15, 0.2) is 36.4 Å². The Morgan fingerprint density at radius 3 is 1.77 bits per heavy atom. The quantitative estimate of drug-likeness (QED) is 0.554. The molecule has 3 rings (SSSR count). The molecule has 163 valence electrons. The smallest absolute Gasteiger partial charge is 0.138 e. The molecule has 0 amide bonds. The Morgan fingerprint density at radius 1 is 0.742 bits per heavy atom. The maximum Gasteiger partial charge on any atom is 0.138 e. The highest BCUT2D eigenvalue weighted by molar-refractivity contribution is 5.88. The Morgan fingerprint density at radius 2 is 1.29 bits per heavy atom. The molecule has 0 fully saturated rings. The van der Waals surface area contributed by atoms with Gasteiger partial charge in [-0.25, -0.2) is 0 Å². The molecule has 0 heterocycles. The number of hydrogen-bond donors (Lipinski definition) is 1. The van der Waals surface area contributed by atoms with Crippen LogP contribution in [-0.2, 0) is 6.42 Å². The van der Waals surface area contributed by atoms with Crippen molar-refractivity contribution < 1.29 is 24.1 Å². The molecule has 0 spiro atoms. The van der Waals surface area contributed by atoms with Crippen LogP contribution < -0.4 is 18.9 Å². The minimum Gasteiger partial charge on any atom is -0.496 e. The zero-order chi connectivity index (χ0) is 22.5. The van der Waals surface area contributed by atoms with Gasteiger partial charge in [-0.2, -0.15) is 0 Å². The van der Waals surface area contributed by atoms with Crippen LogP contribution >= 0.6 is 0 Å². The summed E-state index contributed by atoms with van der Waals surface area (Å²) >= 11 is 0. The summed E-state index contributed by atoms with van der Waals surface area (Å²) in [6, 6.07) is 15.4. The van der Waals surface area contributed by atoms with Gasteiger partial charge in [0.15, 0.2) is 0 Å². The van der Waals surface area contributed by atoms with Crippen molar-refractivity contribution in [2.75, 3.05) is 35.0 Å². The lowest BCUT2D eigenvalue weighted by molar-refractivity contribution is 0.296.